The summed E-state index contributed by atoms with van der Waals surface area (Å²) in [5, 5.41) is 0. The molecule has 2 aliphatic rings. The summed E-state index contributed by atoms with van der Waals surface area (Å²) in [7, 11) is 0. The van der Waals surface area contributed by atoms with Crippen molar-refractivity contribution in [2.75, 3.05) is 6.61 Å². The maximum Gasteiger partial charge on any atom is 0.119 e. The molecule has 0 atom stereocenters. The highest BCUT2D eigenvalue weighted by atomic mass is 16.5. The Hall–Kier alpha value is -4.64. The van der Waals surface area contributed by atoms with Crippen LogP contribution in [0.4, 0.5) is 0 Å². The molecule has 0 spiro atoms. The van der Waals surface area contributed by atoms with Crippen molar-refractivity contribution in [3.8, 4) is 5.75 Å². The van der Waals surface area contributed by atoms with Crippen molar-refractivity contribution < 1.29 is 4.74 Å². The van der Waals surface area contributed by atoms with Gasteiger partial charge in [0.15, 0.2) is 0 Å². The third-order valence-corrected chi connectivity index (χ3v) is 5.70. The average Bonchev–Trinajstić information content (AvgIpc) is 3.63. The molecule has 3 aromatic heterocycles. The van der Waals surface area contributed by atoms with E-state index in [1.807, 2.05) is 36.4 Å². The zero-order chi connectivity index (χ0) is 22.9. The van der Waals surface area contributed by atoms with E-state index in [2.05, 4.69) is 71.2 Å². The van der Waals surface area contributed by atoms with E-state index in [9.17, 15) is 0 Å². The number of hydrogen-bond donors (Lipinski definition) is 2. The Bertz CT molecular complexity index is 1620. The lowest BCUT2D eigenvalue weighted by molar-refractivity contribution is 0.363. The molecule has 4 aromatic rings. The highest BCUT2D eigenvalue weighted by Crippen LogP contribution is 2.30. The van der Waals surface area contributed by atoms with Gasteiger partial charge in [-0.05, 0) is 84.5 Å². The number of aromatic nitrogens is 4. The average molecular weight is 443 g/mol. The molecule has 0 aliphatic carbocycles. The molecule has 0 unspecified atom stereocenters. The maximum absolute atomic E-state index is 5.64. The fraction of sp³-hybridized carbons (Fsp3) is 0.0345. The second-order valence-corrected chi connectivity index (χ2v) is 8.21. The van der Waals surface area contributed by atoms with Crippen LogP contribution in [0.25, 0.3) is 45.9 Å². The molecule has 164 valence electrons. The van der Waals surface area contributed by atoms with Gasteiger partial charge in [0.05, 0.1) is 22.8 Å². The van der Waals surface area contributed by atoms with Crippen molar-refractivity contribution in [3.63, 3.8) is 0 Å². The van der Waals surface area contributed by atoms with E-state index < -0.39 is 0 Å². The third-order valence-electron chi connectivity index (χ3n) is 5.70. The van der Waals surface area contributed by atoms with Crippen LogP contribution in [0.1, 0.15) is 28.3 Å². The van der Waals surface area contributed by atoms with Crippen LogP contribution in [0.5, 0.6) is 5.75 Å². The fourth-order valence-electron chi connectivity index (χ4n) is 4.13. The summed E-state index contributed by atoms with van der Waals surface area (Å²) in [6.45, 7) is 4.19. The molecule has 1 aromatic carbocycles. The molecule has 0 fully saturated rings. The molecule has 0 saturated heterocycles. The molecule has 2 aliphatic heterocycles. The van der Waals surface area contributed by atoms with Gasteiger partial charge in [-0.15, -0.1) is 0 Å². The Morgan fingerprint density at radius 3 is 1.91 bits per heavy atom. The number of fused-ring (bicyclic) bond motifs is 8. The van der Waals surface area contributed by atoms with Gasteiger partial charge in [-0.25, -0.2) is 9.97 Å². The minimum atomic E-state index is 0.485. The Labute approximate surface area is 196 Å². The lowest BCUT2D eigenvalue weighted by Crippen LogP contribution is -1.93. The van der Waals surface area contributed by atoms with E-state index in [0.29, 0.717) is 6.61 Å². The van der Waals surface area contributed by atoms with Crippen molar-refractivity contribution in [1.29, 1.82) is 0 Å². The van der Waals surface area contributed by atoms with Crippen molar-refractivity contribution in [1.82, 2.24) is 19.9 Å². The van der Waals surface area contributed by atoms with Gasteiger partial charge in [-0.3, -0.25) is 0 Å². The number of nitrogens with one attached hydrogen (secondary N) is 2. The molecule has 0 saturated carbocycles. The largest absolute Gasteiger partial charge is 0.490 e. The first-order valence-corrected chi connectivity index (χ1v) is 11.1. The minimum Gasteiger partial charge on any atom is -0.490 e. The minimum absolute atomic E-state index is 0.485. The van der Waals surface area contributed by atoms with Gasteiger partial charge in [0.25, 0.3) is 0 Å². The van der Waals surface area contributed by atoms with Gasteiger partial charge >= 0.3 is 0 Å². The van der Waals surface area contributed by atoms with Crippen molar-refractivity contribution >= 4 is 45.9 Å². The van der Waals surface area contributed by atoms with Crippen LogP contribution >= 0.6 is 0 Å². The number of aromatic amines is 2. The molecule has 5 heterocycles. The lowest BCUT2D eigenvalue weighted by atomic mass is 10.0. The normalized spacial score (nSPS) is 12.4. The van der Waals surface area contributed by atoms with Crippen LogP contribution in [-0.2, 0) is 0 Å². The van der Waals surface area contributed by atoms with Crippen LogP contribution in [0.2, 0.25) is 0 Å². The fourth-order valence-corrected chi connectivity index (χ4v) is 4.13. The Morgan fingerprint density at radius 2 is 1.29 bits per heavy atom. The number of H-pyrrole nitrogens is 2. The molecule has 2 N–H and O–H groups in total. The van der Waals surface area contributed by atoms with Crippen LogP contribution in [-0.4, -0.2) is 26.5 Å². The molecule has 5 nitrogen and oxygen atoms in total. The van der Waals surface area contributed by atoms with Crippen LogP contribution in [0, 0.1) is 0 Å². The monoisotopic (exact) mass is 442 g/mol. The summed E-state index contributed by atoms with van der Waals surface area (Å²) in [4.78, 5) is 16.5. The molecule has 34 heavy (non-hydrogen) atoms. The number of ether oxygens (including phenoxy) is 1. The Balaban J connectivity index is 1.53. The predicted molar refractivity (Wildman–Crippen MR) is 139 cm³/mol. The quantitative estimate of drug-likeness (QED) is 0.301. The van der Waals surface area contributed by atoms with Gasteiger partial charge in [-0.1, -0.05) is 24.8 Å². The number of benzene rings is 1. The standard InChI is InChI=1S/C29H22N4O/c1-2-13-34-27-11-3-19(4-12-27)28-17-26-16-24-8-7-22(31-24)14-20-5-6-21(30-20)15-23-9-10-25(32-23)18-29(28)33-26/h2-12,14-18,31-32H,1,13H2. The summed E-state index contributed by atoms with van der Waals surface area (Å²) in [5.41, 5.74) is 9.73. The van der Waals surface area contributed by atoms with Gasteiger partial charge in [-0.2, -0.15) is 0 Å². The first-order chi connectivity index (χ1) is 16.7. The first kappa shape index (κ1) is 20.0. The number of nitrogens with zero attached hydrogens (tertiary/aromatic N) is 2. The van der Waals surface area contributed by atoms with E-state index in [4.69, 9.17) is 14.7 Å². The number of rotatable bonds is 4. The lowest BCUT2D eigenvalue weighted by Gasteiger charge is -2.06. The first-order valence-electron chi connectivity index (χ1n) is 11.1. The smallest absolute Gasteiger partial charge is 0.119 e. The summed E-state index contributed by atoms with van der Waals surface area (Å²) in [6, 6.07) is 24.5. The van der Waals surface area contributed by atoms with E-state index >= 15 is 0 Å². The molecule has 5 heteroatoms. The van der Waals surface area contributed by atoms with E-state index in [-0.39, 0.29) is 0 Å². The molecule has 0 amide bonds. The third kappa shape index (κ3) is 4.07. The van der Waals surface area contributed by atoms with Crippen molar-refractivity contribution in [2.24, 2.45) is 0 Å². The van der Waals surface area contributed by atoms with Crippen LogP contribution in [0.15, 0.2) is 85.5 Å². The molecule has 6 rings (SSSR count). The summed E-state index contributed by atoms with van der Waals surface area (Å²) in [6.07, 6.45) is 7.90. The highest BCUT2D eigenvalue weighted by molar-refractivity contribution is 5.93. The topological polar surface area (TPSA) is 66.6 Å². The van der Waals surface area contributed by atoms with E-state index in [0.717, 1.165) is 61.7 Å². The van der Waals surface area contributed by atoms with Gasteiger partial charge in [0.2, 0.25) is 0 Å². The molecule has 8 bridgehead atoms. The van der Waals surface area contributed by atoms with E-state index in [1.165, 1.54) is 0 Å². The summed E-state index contributed by atoms with van der Waals surface area (Å²) >= 11 is 0. The van der Waals surface area contributed by atoms with Gasteiger partial charge < -0.3 is 14.7 Å². The van der Waals surface area contributed by atoms with E-state index in [1.54, 1.807) is 6.08 Å². The molecular weight excluding hydrogens is 420 g/mol. The second kappa shape index (κ2) is 8.37. The molecular formula is C29H22N4O. The van der Waals surface area contributed by atoms with Gasteiger partial charge in [0, 0.05) is 27.6 Å². The highest BCUT2D eigenvalue weighted by Gasteiger charge is 2.13. The predicted octanol–water partition coefficient (Wildman–Crippen LogP) is 6.64. The van der Waals surface area contributed by atoms with Crippen molar-refractivity contribution in [2.45, 2.75) is 0 Å². The Kier molecular flexibility index (Phi) is 4.92. The van der Waals surface area contributed by atoms with Gasteiger partial charge in [0.1, 0.15) is 12.4 Å². The van der Waals surface area contributed by atoms with Crippen molar-refractivity contribution in [3.05, 3.63) is 114 Å². The molecule has 0 radical (unpaired) electrons. The van der Waals surface area contributed by atoms with Crippen LogP contribution in [0.3, 0.4) is 0 Å². The van der Waals surface area contributed by atoms with Crippen LogP contribution < -0.4 is 4.74 Å². The Morgan fingerprint density at radius 1 is 0.706 bits per heavy atom. The second-order valence-electron chi connectivity index (χ2n) is 8.21. The zero-order valence-electron chi connectivity index (χ0n) is 18.5. The summed E-state index contributed by atoms with van der Waals surface area (Å²) < 4.78 is 5.64. The summed E-state index contributed by atoms with van der Waals surface area (Å²) in [5.74, 6) is 0.815. The maximum atomic E-state index is 5.64. The number of hydrogen-bond acceptors (Lipinski definition) is 3. The SMILES string of the molecule is C=CCOc1ccc(C2=Cc3cc4ccc(cc5nc(cc6ccc(cc2n3)[nH]6)C=C5)[nH]4)cc1. The zero-order valence-corrected chi connectivity index (χ0v) is 18.5.